The maximum Gasteiger partial charge on any atom is 0.249 e. The van der Waals surface area contributed by atoms with Gasteiger partial charge in [0, 0.05) is 12.0 Å². The summed E-state index contributed by atoms with van der Waals surface area (Å²) in [4.78, 5) is 12.2. The zero-order valence-electron chi connectivity index (χ0n) is 13.8. The lowest BCUT2D eigenvalue weighted by Crippen LogP contribution is -2.48. The number of piperidine rings is 1. The van der Waals surface area contributed by atoms with Crippen molar-refractivity contribution in [3.8, 4) is 0 Å². The normalized spacial score (nSPS) is 26.8. The van der Waals surface area contributed by atoms with E-state index >= 15 is 0 Å². The third-order valence-corrected chi connectivity index (χ3v) is 4.80. The summed E-state index contributed by atoms with van der Waals surface area (Å²) in [7, 11) is 0. The van der Waals surface area contributed by atoms with Gasteiger partial charge in [-0.05, 0) is 53.1 Å². The molecule has 2 atom stereocenters. The minimum Gasteiger partial charge on any atom is -0.372 e. The van der Waals surface area contributed by atoms with Gasteiger partial charge in [-0.1, -0.05) is 6.92 Å². The SMILES string of the molecule is CCC(C)(C)NC(=O)C(C)OC1COC2(CCNCC2)C1. The first-order valence-corrected chi connectivity index (χ1v) is 8.18. The van der Waals surface area contributed by atoms with E-state index in [0.717, 1.165) is 38.8 Å². The van der Waals surface area contributed by atoms with E-state index in [1.165, 1.54) is 0 Å². The van der Waals surface area contributed by atoms with Crippen LogP contribution in [0.1, 0.15) is 53.4 Å². The number of carbonyl (C=O) groups is 1. The molecule has 0 aliphatic carbocycles. The van der Waals surface area contributed by atoms with Crippen molar-refractivity contribution >= 4 is 5.91 Å². The maximum atomic E-state index is 12.2. The summed E-state index contributed by atoms with van der Waals surface area (Å²) in [6, 6.07) is 0. The monoisotopic (exact) mass is 298 g/mol. The molecule has 0 aromatic carbocycles. The molecule has 2 fully saturated rings. The van der Waals surface area contributed by atoms with Gasteiger partial charge in [-0.2, -0.15) is 0 Å². The van der Waals surface area contributed by atoms with E-state index in [1.54, 1.807) is 0 Å². The molecule has 0 bridgehead atoms. The quantitative estimate of drug-likeness (QED) is 0.809. The molecule has 0 saturated carbocycles. The molecule has 1 spiro atoms. The molecule has 2 saturated heterocycles. The van der Waals surface area contributed by atoms with Gasteiger partial charge in [-0.3, -0.25) is 4.79 Å². The van der Waals surface area contributed by atoms with Gasteiger partial charge in [0.1, 0.15) is 6.10 Å². The molecule has 1 amide bonds. The summed E-state index contributed by atoms with van der Waals surface area (Å²) in [6.07, 6.45) is 3.49. The Morgan fingerprint density at radius 1 is 1.48 bits per heavy atom. The molecule has 5 nitrogen and oxygen atoms in total. The van der Waals surface area contributed by atoms with Crippen LogP contribution in [0.5, 0.6) is 0 Å². The molecule has 2 aliphatic rings. The predicted octanol–water partition coefficient (Wildman–Crippen LogP) is 1.61. The van der Waals surface area contributed by atoms with Gasteiger partial charge in [0.15, 0.2) is 0 Å². The summed E-state index contributed by atoms with van der Waals surface area (Å²) in [6.45, 7) is 10.6. The lowest BCUT2D eigenvalue weighted by molar-refractivity contribution is -0.137. The van der Waals surface area contributed by atoms with E-state index in [2.05, 4.69) is 17.6 Å². The molecular weight excluding hydrogens is 268 g/mol. The van der Waals surface area contributed by atoms with Crippen LogP contribution in [0.2, 0.25) is 0 Å². The largest absolute Gasteiger partial charge is 0.372 e. The molecule has 0 aromatic heterocycles. The van der Waals surface area contributed by atoms with Crippen molar-refractivity contribution in [3.63, 3.8) is 0 Å². The van der Waals surface area contributed by atoms with Crippen molar-refractivity contribution in [2.24, 2.45) is 0 Å². The van der Waals surface area contributed by atoms with Gasteiger partial charge in [-0.25, -0.2) is 0 Å². The fraction of sp³-hybridized carbons (Fsp3) is 0.938. The van der Waals surface area contributed by atoms with Crippen LogP contribution in [-0.2, 0) is 14.3 Å². The molecule has 2 unspecified atom stereocenters. The second-order valence-corrected chi connectivity index (χ2v) is 7.08. The summed E-state index contributed by atoms with van der Waals surface area (Å²) >= 11 is 0. The average molecular weight is 298 g/mol. The van der Waals surface area contributed by atoms with Crippen LogP contribution in [-0.4, -0.2) is 49.0 Å². The summed E-state index contributed by atoms with van der Waals surface area (Å²) in [5, 5.41) is 6.39. The average Bonchev–Trinajstić information content (AvgIpc) is 2.81. The van der Waals surface area contributed by atoms with E-state index in [1.807, 2.05) is 20.8 Å². The first-order chi connectivity index (χ1) is 9.86. The van der Waals surface area contributed by atoms with E-state index in [4.69, 9.17) is 9.47 Å². The number of amides is 1. The van der Waals surface area contributed by atoms with Crippen LogP contribution in [0.15, 0.2) is 0 Å². The molecule has 2 N–H and O–H groups in total. The number of rotatable bonds is 5. The van der Waals surface area contributed by atoms with Crippen molar-refractivity contribution in [2.75, 3.05) is 19.7 Å². The van der Waals surface area contributed by atoms with E-state index in [-0.39, 0.29) is 23.2 Å². The molecule has 2 heterocycles. The van der Waals surface area contributed by atoms with Gasteiger partial charge in [0.2, 0.25) is 5.91 Å². The number of hydrogen-bond donors (Lipinski definition) is 2. The minimum atomic E-state index is -0.429. The zero-order valence-corrected chi connectivity index (χ0v) is 13.8. The highest BCUT2D eigenvalue weighted by Crippen LogP contribution is 2.35. The smallest absolute Gasteiger partial charge is 0.249 e. The zero-order chi connectivity index (χ0) is 15.5. The molecule has 0 radical (unpaired) electrons. The first kappa shape index (κ1) is 16.7. The Morgan fingerprint density at radius 2 is 2.14 bits per heavy atom. The van der Waals surface area contributed by atoms with Crippen LogP contribution in [0.3, 0.4) is 0 Å². The van der Waals surface area contributed by atoms with Gasteiger partial charge in [0.25, 0.3) is 0 Å². The molecule has 122 valence electrons. The van der Waals surface area contributed by atoms with Crippen LogP contribution < -0.4 is 10.6 Å². The summed E-state index contributed by atoms with van der Waals surface area (Å²) in [5.74, 6) is -0.0342. The molecule has 2 aliphatic heterocycles. The number of ether oxygens (including phenoxy) is 2. The molecular formula is C16H30N2O3. The third kappa shape index (κ3) is 4.41. The summed E-state index contributed by atoms with van der Waals surface area (Å²) in [5.41, 5.74) is -0.202. The van der Waals surface area contributed by atoms with Gasteiger partial charge in [0.05, 0.1) is 18.3 Å². The van der Waals surface area contributed by atoms with Gasteiger partial charge in [-0.15, -0.1) is 0 Å². The van der Waals surface area contributed by atoms with E-state index in [9.17, 15) is 4.79 Å². The van der Waals surface area contributed by atoms with E-state index in [0.29, 0.717) is 6.61 Å². The van der Waals surface area contributed by atoms with Gasteiger partial charge < -0.3 is 20.1 Å². The van der Waals surface area contributed by atoms with Crippen molar-refractivity contribution in [3.05, 3.63) is 0 Å². The Labute approximate surface area is 128 Å². The first-order valence-electron chi connectivity index (χ1n) is 8.18. The fourth-order valence-corrected chi connectivity index (χ4v) is 2.99. The minimum absolute atomic E-state index is 0.0190. The number of carbonyl (C=O) groups excluding carboxylic acids is 1. The third-order valence-electron chi connectivity index (χ3n) is 4.80. The molecule has 5 heteroatoms. The highest BCUT2D eigenvalue weighted by molar-refractivity contribution is 5.81. The van der Waals surface area contributed by atoms with E-state index < -0.39 is 6.10 Å². The Kier molecular flexibility index (Phi) is 5.28. The Hall–Kier alpha value is -0.650. The van der Waals surface area contributed by atoms with Crippen LogP contribution in [0.25, 0.3) is 0 Å². The second kappa shape index (κ2) is 6.63. The predicted molar refractivity (Wildman–Crippen MR) is 82.3 cm³/mol. The Morgan fingerprint density at radius 3 is 2.76 bits per heavy atom. The van der Waals surface area contributed by atoms with Crippen LogP contribution in [0.4, 0.5) is 0 Å². The highest BCUT2D eigenvalue weighted by atomic mass is 16.6. The van der Waals surface area contributed by atoms with Crippen molar-refractivity contribution in [1.29, 1.82) is 0 Å². The Balaban J connectivity index is 1.81. The van der Waals surface area contributed by atoms with Crippen molar-refractivity contribution in [1.82, 2.24) is 10.6 Å². The number of nitrogens with one attached hydrogen (secondary N) is 2. The maximum absolute atomic E-state index is 12.2. The fourth-order valence-electron chi connectivity index (χ4n) is 2.99. The molecule has 21 heavy (non-hydrogen) atoms. The summed E-state index contributed by atoms with van der Waals surface area (Å²) < 4.78 is 11.9. The van der Waals surface area contributed by atoms with Crippen LogP contribution in [0, 0.1) is 0 Å². The van der Waals surface area contributed by atoms with Crippen molar-refractivity contribution in [2.45, 2.75) is 76.7 Å². The lowest BCUT2D eigenvalue weighted by atomic mass is 9.89. The van der Waals surface area contributed by atoms with Crippen LogP contribution >= 0.6 is 0 Å². The molecule has 2 rings (SSSR count). The topological polar surface area (TPSA) is 59.6 Å². The Bertz CT molecular complexity index is 365. The van der Waals surface area contributed by atoms with Gasteiger partial charge >= 0.3 is 0 Å². The standard InChI is InChI=1S/C16H30N2O3/c1-5-15(3,4)18-14(19)12(2)21-13-10-16(20-11-13)6-8-17-9-7-16/h12-13,17H,5-11H2,1-4H3,(H,18,19). The molecule has 0 aromatic rings. The van der Waals surface area contributed by atoms with Crippen molar-refractivity contribution < 1.29 is 14.3 Å². The second-order valence-electron chi connectivity index (χ2n) is 7.08. The lowest BCUT2D eigenvalue weighted by Gasteiger charge is -2.33. The highest BCUT2D eigenvalue weighted by Gasteiger charge is 2.42. The number of hydrogen-bond acceptors (Lipinski definition) is 4.